The molecule has 0 aromatic heterocycles. The fraction of sp³-hybridized carbons (Fsp3) is 0.263. The highest BCUT2D eigenvalue weighted by Gasteiger charge is 2.12. The molecule has 6 heteroatoms. The highest BCUT2D eigenvalue weighted by atomic mass is 16.6. The van der Waals surface area contributed by atoms with Gasteiger partial charge in [-0.1, -0.05) is 30.3 Å². The average Bonchev–Trinajstić information content (AvgIpc) is 2.60. The van der Waals surface area contributed by atoms with Gasteiger partial charge in [-0.05, 0) is 37.1 Å². The lowest BCUT2D eigenvalue weighted by Crippen LogP contribution is -2.24. The van der Waals surface area contributed by atoms with Gasteiger partial charge >= 0.3 is 5.97 Å². The molecule has 0 aliphatic heterocycles. The minimum atomic E-state index is -0.613. The fourth-order valence-corrected chi connectivity index (χ4v) is 2.28. The van der Waals surface area contributed by atoms with Crippen molar-refractivity contribution in [2.45, 2.75) is 13.8 Å². The van der Waals surface area contributed by atoms with Crippen LogP contribution >= 0.6 is 0 Å². The largest absolute Gasteiger partial charge is 0.495 e. The molecule has 0 spiro atoms. The number of carbonyl (C=O) groups excluding carboxylic acids is 2. The summed E-state index contributed by atoms with van der Waals surface area (Å²) in [6, 6.07) is 12.7. The van der Waals surface area contributed by atoms with Crippen LogP contribution in [0.1, 0.15) is 11.1 Å². The van der Waals surface area contributed by atoms with Crippen LogP contribution in [-0.2, 0) is 14.3 Å². The number of benzene rings is 2. The molecule has 1 amide bonds. The second-order valence-corrected chi connectivity index (χ2v) is 5.42. The van der Waals surface area contributed by atoms with Crippen LogP contribution in [0.4, 0.5) is 5.69 Å². The maximum absolute atomic E-state index is 11.9. The maximum atomic E-state index is 11.9. The van der Waals surface area contributed by atoms with Gasteiger partial charge in [-0.15, -0.1) is 0 Å². The molecule has 2 aromatic carbocycles. The highest BCUT2D eigenvalue weighted by molar-refractivity contribution is 5.94. The molecule has 0 heterocycles. The van der Waals surface area contributed by atoms with E-state index in [1.54, 1.807) is 24.3 Å². The van der Waals surface area contributed by atoms with Crippen LogP contribution in [0.2, 0.25) is 0 Å². The van der Waals surface area contributed by atoms with Gasteiger partial charge in [0.25, 0.3) is 5.91 Å². The number of anilines is 1. The number of nitrogens with one attached hydrogen (secondary N) is 1. The number of esters is 1. The Balaban J connectivity index is 1.80. The van der Waals surface area contributed by atoms with Crippen LogP contribution in [0, 0.1) is 13.8 Å². The number of rotatable bonds is 7. The Morgan fingerprint density at radius 1 is 0.960 bits per heavy atom. The van der Waals surface area contributed by atoms with Gasteiger partial charge in [-0.2, -0.15) is 0 Å². The monoisotopic (exact) mass is 343 g/mol. The predicted molar refractivity (Wildman–Crippen MR) is 94.0 cm³/mol. The maximum Gasteiger partial charge on any atom is 0.344 e. The second-order valence-electron chi connectivity index (χ2n) is 5.42. The first kappa shape index (κ1) is 18.3. The summed E-state index contributed by atoms with van der Waals surface area (Å²) < 4.78 is 15.6. The van der Waals surface area contributed by atoms with Crippen molar-refractivity contribution in [3.63, 3.8) is 0 Å². The van der Waals surface area contributed by atoms with Crippen LogP contribution < -0.4 is 14.8 Å². The third kappa shape index (κ3) is 5.24. The third-order valence-electron chi connectivity index (χ3n) is 3.49. The molecule has 0 saturated heterocycles. The Morgan fingerprint density at radius 2 is 1.64 bits per heavy atom. The summed E-state index contributed by atoms with van der Waals surface area (Å²) in [7, 11) is 1.51. The minimum absolute atomic E-state index is 0.256. The first-order valence-corrected chi connectivity index (χ1v) is 7.78. The van der Waals surface area contributed by atoms with E-state index in [-0.39, 0.29) is 6.61 Å². The van der Waals surface area contributed by atoms with Crippen molar-refractivity contribution in [1.29, 1.82) is 0 Å². The number of para-hydroxylation sites is 3. The number of amides is 1. The van der Waals surface area contributed by atoms with Crippen molar-refractivity contribution in [3.8, 4) is 11.5 Å². The predicted octanol–water partition coefficient (Wildman–Crippen LogP) is 2.87. The molecule has 1 N–H and O–H groups in total. The van der Waals surface area contributed by atoms with Gasteiger partial charge < -0.3 is 19.5 Å². The Morgan fingerprint density at radius 3 is 2.32 bits per heavy atom. The normalized spacial score (nSPS) is 10.0. The number of hydrogen-bond donors (Lipinski definition) is 1. The smallest absolute Gasteiger partial charge is 0.344 e. The van der Waals surface area contributed by atoms with Crippen molar-refractivity contribution in [3.05, 3.63) is 53.6 Å². The molecule has 0 saturated carbocycles. The van der Waals surface area contributed by atoms with Gasteiger partial charge in [0.15, 0.2) is 13.2 Å². The molecule has 132 valence electrons. The second kappa shape index (κ2) is 8.73. The Hall–Kier alpha value is -3.02. The summed E-state index contributed by atoms with van der Waals surface area (Å²) in [6.07, 6.45) is 0. The van der Waals surface area contributed by atoms with Crippen LogP contribution in [0.5, 0.6) is 11.5 Å². The van der Waals surface area contributed by atoms with Crippen LogP contribution in [0.25, 0.3) is 0 Å². The van der Waals surface area contributed by atoms with E-state index in [1.807, 2.05) is 32.0 Å². The molecule has 0 aliphatic carbocycles. The minimum Gasteiger partial charge on any atom is -0.495 e. The van der Waals surface area contributed by atoms with Gasteiger partial charge in [0.2, 0.25) is 0 Å². The molecule has 0 radical (unpaired) electrons. The van der Waals surface area contributed by atoms with E-state index < -0.39 is 18.5 Å². The first-order valence-electron chi connectivity index (χ1n) is 7.78. The average molecular weight is 343 g/mol. The van der Waals surface area contributed by atoms with Crippen molar-refractivity contribution in [2.75, 3.05) is 25.6 Å². The summed E-state index contributed by atoms with van der Waals surface area (Å²) in [5.41, 5.74) is 2.38. The van der Waals surface area contributed by atoms with Crippen LogP contribution in [0.15, 0.2) is 42.5 Å². The summed E-state index contributed by atoms with van der Waals surface area (Å²) in [5.74, 6) is 0.112. The van der Waals surface area contributed by atoms with E-state index in [0.717, 1.165) is 11.1 Å². The van der Waals surface area contributed by atoms with E-state index in [1.165, 1.54) is 7.11 Å². The molecule has 6 nitrogen and oxygen atoms in total. The number of hydrogen-bond acceptors (Lipinski definition) is 5. The molecule has 0 aliphatic rings. The fourth-order valence-electron chi connectivity index (χ4n) is 2.28. The van der Waals surface area contributed by atoms with Gasteiger partial charge in [-0.25, -0.2) is 4.79 Å². The molecule has 0 atom stereocenters. The molecule has 0 fully saturated rings. The first-order chi connectivity index (χ1) is 12.0. The molecule has 0 unspecified atom stereocenters. The van der Waals surface area contributed by atoms with Crippen LogP contribution in [0.3, 0.4) is 0 Å². The zero-order chi connectivity index (χ0) is 18.2. The van der Waals surface area contributed by atoms with Crippen molar-refractivity contribution < 1.29 is 23.8 Å². The van der Waals surface area contributed by atoms with Crippen molar-refractivity contribution >= 4 is 17.6 Å². The topological polar surface area (TPSA) is 73.9 Å². The molecule has 25 heavy (non-hydrogen) atoms. The molecule has 2 rings (SSSR count). The van der Waals surface area contributed by atoms with Crippen LogP contribution in [-0.4, -0.2) is 32.2 Å². The van der Waals surface area contributed by atoms with Gasteiger partial charge in [0.05, 0.1) is 12.8 Å². The van der Waals surface area contributed by atoms with E-state index >= 15 is 0 Å². The third-order valence-corrected chi connectivity index (χ3v) is 3.49. The zero-order valence-electron chi connectivity index (χ0n) is 14.5. The van der Waals surface area contributed by atoms with Gasteiger partial charge in [0, 0.05) is 0 Å². The number of ether oxygens (including phenoxy) is 3. The van der Waals surface area contributed by atoms with E-state index in [2.05, 4.69) is 5.32 Å². The van der Waals surface area contributed by atoms with Crippen molar-refractivity contribution in [1.82, 2.24) is 0 Å². The standard InChI is InChI=1S/C19H21NO5/c1-13-7-6-8-14(2)19(13)25-12-18(22)24-11-17(21)20-15-9-4-5-10-16(15)23-3/h4-10H,11-12H2,1-3H3,(H,20,21). The molecular formula is C19H21NO5. The van der Waals surface area contributed by atoms with Gasteiger partial charge in [0.1, 0.15) is 11.5 Å². The highest BCUT2D eigenvalue weighted by Crippen LogP contribution is 2.23. The summed E-state index contributed by atoms with van der Waals surface area (Å²) in [4.78, 5) is 23.6. The lowest BCUT2D eigenvalue weighted by molar-refractivity contribution is -0.149. The number of methoxy groups -OCH3 is 1. The summed E-state index contributed by atoms with van der Waals surface area (Å²) in [6.45, 7) is 3.14. The number of aryl methyl sites for hydroxylation is 2. The Kier molecular flexibility index (Phi) is 6.39. The quantitative estimate of drug-likeness (QED) is 0.783. The molecule has 2 aromatic rings. The zero-order valence-corrected chi connectivity index (χ0v) is 14.5. The lowest BCUT2D eigenvalue weighted by Gasteiger charge is -2.12. The van der Waals surface area contributed by atoms with Gasteiger partial charge in [-0.3, -0.25) is 4.79 Å². The number of carbonyl (C=O) groups is 2. The van der Waals surface area contributed by atoms with E-state index in [0.29, 0.717) is 17.2 Å². The van der Waals surface area contributed by atoms with E-state index in [4.69, 9.17) is 14.2 Å². The lowest BCUT2D eigenvalue weighted by atomic mass is 10.1. The Bertz CT molecular complexity index is 737. The summed E-state index contributed by atoms with van der Waals surface area (Å²) >= 11 is 0. The van der Waals surface area contributed by atoms with Crippen molar-refractivity contribution in [2.24, 2.45) is 0 Å². The molecule has 0 bridgehead atoms. The Labute approximate surface area is 146 Å². The van der Waals surface area contributed by atoms with E-state index in [9.17, 15) is 9.59 Å². The summed E-state index contributed by atoms with van der Waals surface area (Å²) in [5, 5.41) is 2.63. The molecular weight excluding hydrogens is 322 g/mol. The SMILES string of the molecule is COc1ccccc1NC(=O)COC(=O)COc1c(C)cccc1C.